The number of benzene rings is 1. The second kappa shape index (κ2) is 9.31. The van der Waals surface area contributed by atoms with Crippen LogP contribution in [-0.4, -0.2) is 48.3 Å². The van der Waals surface area contributed by atoms with Crippen LogP contribution >= 0.6 is 0 Å². The summed E-state index contributed by atoms with van der Waals surface area (Å²) in [6.45, 7) is -1.14. The fourth-order valence-corrected chi connectivity index (χ4v) is 3.60. The van der Waals surface area contributed by atoms with Gasteiger partial charge >= 0.3 is 5.97 Å². The third kappa shape index (κ3) is 4.54. The number of imide groups is 1. The Kier molecular flexibility index (Phi) is 6.57. The minimum atomic E-state index is -0.879. The molecule has 1 aliphatic carbocycles. The van der Waals surface area contributed by atoms with Crippen LogP contribution in [0.3, 0.4) is 0 Å². The molecule has 3 amide bonds. The predicted octanol–water partition coefficient (Wildman–Crippen LogP) is 1.57. The number of hydrogen-bond acceptors (Lipinski definition) is 6. The highest BCUT2D eigenvalue weighted by Gasteiger charge is 2.47. The summed E-state index contributed by atoms with van der Waals surface area (Å²) in [5, 5.41) is 8.80. The number of halogens is 1. The third-order valence-electron chi connectivity index (χ3n) is 5.13. The highest BCUT2D eigenvalue weighted by atomic mass is 19.1. The van der Waals surface area contributed by atoms with Crippen molar-refractivity contribution in [3.05, 3.63) is 42.2 Å². The molecule has 0 saturated carbocycles. The number of fused-ring (bicyclic) bond motifs is 1. The van der Waals surface area contributed by atoms with Crippen molar-refractivity contribution in [1.29, 1.82) is 5.26 Å². The Morgan fingerprint density at radius 1 is 1.13 bits per heavy atom. The minimum Gasteiger partial charge on any atom is -0.454 e. The molecule has 30 heavy (non-hydrogen) atoms. The number of carbonyl (C=O) groups is 4. The first-order chi connectivity index (χ1) is 14.4. The van der Waals surface area contributed by atoms with E-state index in [9.17, 15) is 23.6 Å². The molecule has 0 radical (unpaired) electrons. The van der Waals surface area contributed by atoms with E-state index in [2.05, 4.69) is 0 Å². The summed E-state index contributed by atoms with van der Waals surface area (Å²) in [7, 11) is 0. The summed E-state index contributed by atoms with van der Waals surface area (Å²) in [5.41, 5.74) is 0.356. The maximum atomic E-state index is 13.1. The average molecular weight is 413 g/mol. The minimum absolute atomic E-state index is 0.0324. The van der Waals surface area contributed by atoms with Crippen molar-refractivity contribution in [2.45, 2.75) is 19.3 Å². The van der Waals surface area contributed by atoms with Gasteiger partial charge in [0.2, 0.25) is 11.8 Å². The number of hydrogen-bond donors (Lipinski definition) is 0. The fraction of sp³-hybridized carbons (Fsp3) is 0.381. The molecule has 0 spiro atoms. The predicted molar refractivity (Wildman–Crippen MR) is 102 cm³/mol. The van der Waals surface area contributed by atoms with Gasteiger partial charge in [0.1, 0.15) is 12.4 Å². The molecule has 156 valence electrons. The Balaban J connectivity index is 1.58. The topological polar surface area (TPSA) is 108 Å². The molecule has 0 aromatic heterocycles. The molecule has 1 aliphatic heterocycles. The van der Waals surface area contributed by atoms with Crippen LogP contribution in [0.5, 0.6) is 0 Å². The van der Waals surface area contributed by atoms with Crippen LogP contribution in [0, 0.1) is 29.0 Å². The number of allylic oxidation sites excluding steroid dienone is 2. The molecule has 0 N–H and O–H groups in total. The van der Waals surface area contributed by atoms with Crippen molar-refractivity contribution >= 4 is 29.4 Å². The van der Waals surface area contributed by atoms with Crippen LogP contribution in [-0.2, 0) is 23.9 Å². The molecule has 1 heterocycles. The molecular formula is C21H20FN3O5. The van der Waals surface area contributed by atoms with Crippen LogP contribution < -0.4 is 4.90 Å². The molecule has 0 unspecified atom stereocenters. The lowest BCUT2D eigenvalue weighted by Gasteiger charge is -2.22. The Bertz CT molecular complexity index is 896. The van der Waals surface area contributed by atoms with Gasteiger partial charge in [-0.25, -0.2) is 4.39 Å². The summed E-state index contributed by atoms with van der Waals surface area (Å²) < 4.78 is 18.1. The van der Waals surface area contributed by atoms with Crippen LogP contribution in [0.25, 0.3) is 0 Å². The molecule has 9 heteroatoms. The summed E-state index contributed by atoms with van der Waals surface area (Å²) >= 11 is 0. The van der Waals surface area contributed by atoms with E-state index in [1.165, 1.54) is 29.2 Å². The number of likely N-dealkylation sites (tertiary alicyclic amines) is 1. The van der Waals surface area contributed by atoms with E-state index in [4.69, 9.17) is 10.00 Å². The Morgan fingerprint density at radius 2 is 1.73 bits per heavy atom. The number of amides is 3. The second-order valence-corrected chi connectivity index (χ2v) is 7.01. The fourth-order valence-electron chi connectivity index (χ4n) is 3.60. The van der Waals surface area contributed by atoms with Gasteiger partial charge < -0.3 is 9.64 Å². The highest BCUT2D eigenvalue weighted by molar-refractivity contribution is 6.07. The monoisotopic (exact) mass is 413 g/mol. The lowest BCUT2D eigenvalue weighted by molar-refractivity contribution is -0.154. The van der Waals surface area contributed by atoms with Crippen molar-refractivity contribution in [2.24, 2.45) is 11.8 Å². The van der Waals surface area contributed by atoms with Gasteiger partial charge in [-0.2, -0.15) is 5.26 Å². The first-order valence-corrected chi connectivity index (χ1v) is 9.51. The zero-order valence-corrected chi connectivity index (χ0v) is 16.1. The molecule has 0 bridgehead atoms. The smallest absolute Gasteiger partial charge is 0.326 e. The second-order valence-electron chi connectivity index (χ2n) is 7.01. The summed E-state index contributed by atoms with van der Waals surface area (Å²) in [6, 6.07) is 7.02. The molecule has 1 fully saturated rings. The maximum Gasteiger partial charge on any atom is 0.326 e. The normalized spacial score (nSPS) is 19.9. The van der Waals surface area contributed by atoms with Crippen LogP contribution in [0.1, 0.15) is 19.3 Å². The maximum absolute atomic E-state index is 13.1. The number of ether oxygens (including phenoxy) is 1. The lowest BCUT2D eigenvalue weighted by Crippen LogP contribution is -2.39. The number of nitrogens with zero attached hydrogens (tertiary/aromatic N) is 3. The molecule has 8 nitrogen and oxygen atoms in total. The van der Waals surface area contributed by atoms with E-state index < -0.39 is 54.5 Å². The van der Waals surface area contributed by atoms with E-state index in [1.807, 2.05) is 18.2 Å². The van der Waals surface area contributed by atoms with Crippen LogP contribution in [0.15, 0.2) is 36.4 Å². The van der Waals surface area contributed by atoms with Gasteiger partial charge in [0, 0.05) is 12.2 Å². The first kappa shape index (κ1) is 21.2. The van der Waals surface area contributed by atoms with Gasteiger partial charge in [-0.3, -0.25) is 24.1 Å². The average Bonchev–Trinajstić information content (AvgIpc) is 2.99. The van der Waals surface area contributed by atoms with Gasteiger partial charge in [-0.05, 0) is 37.1 Å². The van der Waals surface area contributed by atoms with Gasteiger partial charge in [-0.1, -0.05) is 12.2 Å². The van der Waals surface area contributed by atoms with E-state index >= 15 is 0 Å². The van der Waals surface area contributed by atoms with Gasteiger partial charge in [0.15, 0.2) is 6.61 Å². The zero-order chi connectivity index (χ0) is 21.7. The molecule has 1 aromatic rings. The Hall–Kier alpha value is -3.54. The Morgan fingerprint density at radius 3 is 2.30 bits per heavy atom. The lowest BCUT2D eigenvalue weighted by atomic mass is 9.85. The van der Waals surface area contributed by atoms with Crippen molar-refractivity contribution in [1.82, 2.24) is 4.90 Å². The molecule has 1 aromatic carbocycles. The molecule has 3 rings (SSSR count). The van der Waals surface area contributed by atoms with Gasteiger partial charge in [0.25, 0.3) is 5.91 Å². The molecule has 1 saturated heterocycles. The molecular weight excluding hydrogens is 393 g/mol. The quantitative estimate of drug-likeness (QED) is 0.381. The molecule has 2 atom stereocenters. The first-order valence-electron chi connectivity index (χ1n) is 9.51. The third-order valence-corrected chi connectivity index (χ3v) is 5.13. The van der Waals surface area contributed by atoms with Crippen molar-refractivity contribution in [2.75, 3.05) is 24.6 Å². The number of nitriles is 1. The largest absolute Gasteiger partial charge is 0.454 e. The van der Waals surface area contributed by atoms with E-state index in [-0.39, 0.29) is 13.0 Å². The summed E-state index contributed by atoms with van der Waals surface area (Å²) in [4.78, 5) is 51.5. The highest BCUT2D eigenvalue weighted by Crippen LogP contribution is 2.34. The SMILES string of the molecule is N#CCCN(C(=O)COC(=O)CN1C(=O)[C@@H]2CC=CC[C@H]2C1=O)c1ccc(F)cc1. The number of anilines is 1. The van der Waals surface area contributed by atoms with E-state index in [0.717, 1.165) is 4.90 Å². The summed E-state index contributed by atoms with van der Waals surface area (Å²) in [5.74, 6) is -3.67. The van der Waals surface area contributed by atoms with E-state index in [1.54, 1.807) is 0 Å². The van der Waals surface area contributed by atoms with E-state index in [0.29, 0.717) is 18.5 Å². The molecule has 2 aliphatic rings. The van der Waals surface area contributed by atoms with Gasteiger partial charge in [-0.15, -0.1) is 0 Å². The standard InChI is InChI=1S/C21H20FN3O5/c22-14-6-8-15(9-7-14)24(11-3-10-23)18(26)13-30-19(27)12-25-20(28)16-4-1-2-5-17(16)21(25)29/h1-2,6-9,16-17H,3-5,11-13H2/t16-,17-/m1/s1. The van der Waals surface area contributed by atoms with Crippen LogP contribution in [0.4, 0.5) is 10.1 Å². The van der Waals surface area contributed by atoms with Crippen molar-refractivity contribution in [3.8, 4) is 6.07 Å². The Labute approximate surface area is 172 Å². The number of esters is 1. The van der Waals surface area contributed by atoms with Crippen molar-refractivity contribution < 1.29 is 28.3 Å². The number of carbonyl (C=O) groups excluding carboxylic acids is 4. The summed E-state index contributed by atoms with van der Waals surface area (Å²) in [6.07, 6.45) is 4.65. The van der Waals surface area contributed by atoms with Crippen LogP contribution in [0.2, 0.25) is 0 Å². The zero-order valence-electron chi connectivity index (χ0n) is 16.1. The number of rotatable bonds is 7. The van der Waals surface area contributed by atoms with Gasteiger partial charge in [0.05, 0.1) is 24.3 Å². The van der Waals surface area contributed by atoms with Crippen molar-refractivity contribution in [3.63, 3.8) is 0 Å².